The van der Waals surface area contributed by atoms with Crippen LogP contribution in [0.4, 0.5) is 5.69 Å². The molecule has 4 aliphatic heterocycles. The SMILES string of the molecule is COC1=C=C=c2c(N3CC4CCN(C)CC4C3)cc(C3=CC=C(N4CCCC4)CN3)nc2=C1. The molecule has 3 saturated heterocycles. The Hall–Kier alpha value is -2.91. The van der Waals surface area contributed by atoms with E-state index in [0.29, 0.717) is 5.76 Å². The molecule has 2 unspecified atom stereocenters. The summed E-state index contributed by atoms with van der Waals surface area (Å²) in [5.41, 5.74) is 11.2. The second-order valence-corrected chi connectivity index (χ2v) is 10.0. The van der Waals surface area contributed by atoms with Crippen molar-refractivity contribution in [1.82, 2.24) is 20.1 Å². The smallest absolute Gasteiger partial charge is 0.172 e. The molecule has 6 nitrogen and oxygen atoms in total. The molecule has 0 amide bonds. The molecule has 172 valence electrons. The lowest BCUT2D eigenvalue weighted by atomic mass is 9.89. The summed E-state index contributed by atoms with van der Waals surface area (Å²) in [6, 6.07) is 2.26. The molecular formula is C27H33N5O. The Labute approximate surface area is 195 Å². The normalized spacial score (nSPS) is 26.4. The topological polar surface area (TPSA) is 43.9 Å². The Balaban J connectivity index is 1.39. The number of likely N-dealkylation sites (tertiary alicyclic amines) is 2. The number of aromatic nitrogens is 1. The number of rotatable bonds is 4. The number of nitrogens with one attached hydrogen (secondary N) is 1. The van der Waals surface area contributed by atoms with Crippen LogP contribution in [0, 0.1) is 11.8 Å². The Morgan fingerprint density at radius 2 is 1.88 bits per heavy atom. The van der Waals surface area contributed by atoms with E-state index in [1.165, 1.54) is 56.8 Å². The Kier molecular flexibility index (Phi) is 5.30. The first kappa shape index (κ1) is 20.7. The Bertz CT molecular complexity index is 1210. The molecule has 6 heteroatoms. The van der Waals surface area contributed by atoms with Crippen molar-refractivity contribution in [1.29, 1.82) is 0 Å². The first-order chi connectivity index (χ1) is 16.2. The molecule has 5 heterocycles. The van der Waals surface area contributed by atoms with Crippen molar-refractivity contribution in [2.75, 3.05) is 64.9 Å². The van der Waals surface area contributed by atoms with Crippen molar-refractivity contribution in [3.8, 4) is 0 Å². The van der Waals surface area contributed by atoms with Crippen molar-refractivity contribution < 1.29 is 4.74 Å². The number of nitrogens with zero attached hydrogens (tertiary/aromatic N) is 4. The summed E-state index contributed by atoms with van der Waals surface area (Å²) in [5.74, 6) is 2.18. The fourth-order valence-corrected chi connectivity index (χ4v) is 5.99. The number of hydrogen-bond donors (Lipinski definition) is 1. The third-order valence-corrected chi connectivity index (χ3v) is 7.86. The van der Waals surface area contributed by atoms with Gasteiger partial charge in [0.15, 0.2) is 5.76 Å². The molecule has 0 radical (unpaired) electrons. The minimum atomic E-state index is 0.677. The van der Waals surface area contributed by atoms with Crippen molar-refractivity contribution in [3.63, 3.8) is 0 Å². The highest BCUT2D eigenvalue weighted by atomic mass is 16.5. The number of piperidine rings is 1. The summed E-state index contributed by atoms with van der Waals surface area (Å²) in [6.07, 6.45) is 10.3. The van der Waals surface area contributed by atoms with Crippen LogP contribution in [0.1, 0.15) is 25.0 Å². The lowest BCUT2D eigenvalue weighted by Crippen LogP contribution is -2.38. The Morgan fingerprint density at radius 3 is 2.67 bits per heavy atom. The van der Waals surface area contributed by atoms with Crippen LogP contribution in [0.3, 0.4) is 0 Å². The van der Waals surface area contributed by atoms with Crippen LogP contribution >= 0.6 is 0 Å². The zero-order valence-corrected chi connectivity index (χ0v) is 19.7. The first-order valence-corrected chi connectivity index (χ1v) is 12.3. The van der Waals surface area contributed by atoms with Gasteiger partial charge in [-0.15, -0.1) is 0 Å². The minimum absolute atomic E-state index is 0.677. The van der Waals surface area contributed by atoms with E-state index in [1.807, 2.05) is 6.08 Å². The van der Waals surface area contributed by atoms with Gasteiger partial charge in [-0.25, -0.2) is 4.98 Å². The van der Waals surface area contributed by atoms with E-state index in [1.54, 1.807) is 7.11 Å². The maximum atomic E-state index is 5.44. The molecule has 0 aromatic carbocycles. The molecule has 1 aromatic heterocycles. The second kappa shape index (κ2) is 8.46. The molecule has 0 saturated carbocycles. The number of methoxy groups -OCH3 is 1. The van der Waals surface area contributed by atoms with Crippen LogP contribution < -0.4 is 20.8 Å². The van der Waals surface area contributed by atoms with Crippen LogP contribution in [-0.4, -0.2) is 74.8 Å². The van der Waals surface area contributed by atoms with Crippen LogP contribution in [0.5, 0.6) is 0 Å². The fourth-order valence-electron chi connectivity index (χ4n) is 5.99. The molecular weight excluding hydrogens is 410 g/mol. The molecule has 0 spiro atoms. The lowest BCUT2D eigenvalue weighted by Gasteiger charge is -2.31. The second-order valence-electron chi connectivity index (χ2n) is 10.0. The van der Waals surface area contributed by atoms with E-state index in [9.17, 15) is 0 Å². The molecule has 6 rings (SSSR count). The van der Waals surface area contributed by atoms with Crippen molar-refractivity contribution in [2.24, 2.45) is 11.8 Å². The van der Waals surface area contributed by atoms with E-state index in [2.05, 4.69) is 56.7 Å². The highest BCUT2D eigenvalue weighted by Crippen LogP contribution is 2.33. The number of anilines is 1. The fraction of sp³-hybridized carbons (Fsp3) is 0.519. The van der Waals surface area contributed by atoms with Gasteiger partial charge in [0.1, 0.15) is 0 Å². The van der Waals surface area contributed by atoms with Gasteiger partial charge in [-0.3, -0.25) is 0 Å². The average Bonchev–Trinajstić information content (AvgIpc) is 3.53. The van der Waals surface area contributed by atoms with Crippen molar-refractivity contribution in [2.45, 2.75) is 19.3 Å². The standard InChI is InChI=1S/C27H33N5O/c1-30-12-9-19-17-32(18-20(19)16-30)27-14-26(29-25-13-22(33-2)6-7-23(25)27)24-8-5-21(15-28-24)31-10-3-4-11-31/h5,8,13-14,19-20,28H,3-4,9-12,15-18H2,1-2H3. The largest absolute Gasteiger partial charge is 0.489 e. The number of hydrogen-bond acceptors (Lipinski definition) is 6. The van der Waals surface area contributed by atoms with Gasteiger partial charge in [-0.05, 0) is 68.6 Å². The molecule has 33 heavy (non-hydrogen) atoms. The predicted octanol–water partition coefficient (Wildman–Crippen LogP) is 1.25. The highest BCUT2D eigenvalue weighted by Gasteiger charge is 2.36. The van der Waals surface area contributed by atoms with E-state index in [4.69, 9.17) is 9.72 Å². The van der Waals surface area contributed by atoms with Crippen LogP contribution in [-0.2, 0) is 4.74 Å². The van der Waals surface area contributed by atoms with E-state index >= 15 is 0 Å². The van der Waals surface area contributed by atoms with Gasteiger partial charge in [-0.2, -0.15) is 0 Å². The van der Waals surface area contributed by atoms with Crippen molar-refractivity contribution in [3.05, 3.63) is 51.7 Å². The van der Waals surface area contributed by atoms with Gasteiger partial charge in [0, 0.05) is 44.5 Å². The lowest BCUT2D eigenvalue weighted by molar-refractivity contribution is 0.178. The van der Waals surface area contributed by atoms with Gasteiger partial charge in [-0.1, -0.05) is 5.73 Å². The molecule has 2 atom stereocenters. The summed E-state index contributed by atoms with van der Waals surface area (Å²) in [4.78, 5) is 12.6. The molecule has 1 aromatic rings. The Morgan fingerprint density at radius 1 is 1.03 bits per heavy atom. The molecule has 3 fully saturated rings. The molecule has 1 N–H and O–H groups in total. The summed E-state index contributed by atoms with van der Waals surface area (Å²) < 4.78 is 5.44. The van der Waals surface area contributed by atoms with E-state index in [0.717, 1.165) is 53.4 Å². The number of ether oxygens (including phenoxy) is 1. The molecule has 1 aliphatic carbocycles. The van der Waals surface area contributed by atoms with Gasteiger partial charge in [0.2, 0.25) is 0 Å². The van der Waals surface area contributed by atoms with E-state index < -0.39 is 0 Å². The maximum absolute atomic E-state index is 5.44. The average molecular weight is 444 g/mol. The molecule has 5 aliphatic rings. The summed E-state index contributed by atoms with van der Waals surface area (Å²) in [7, 11) is 3.92. The zero-order chi connectivity index (χ0) is 22.4. The monoisotopic (exact) mass is 443 g/mol. The van der Waals surface area contributed by atoms with E-state index in [-0.39, 0.29) is 0 Å². The zero-order valence-electron chi connectivity index (χ0n) is 19.7. The highest BCUT2D eigenvalue weighted by molar-refractivity contribution is 5.69. The molecule has 0 bridgehead atoms. The number of fused-ring (bicyclic) bond motifs is 2. The van der Waals surface area contributed by atoms with Gasteiger partial charge >= 0.3 is 0 Å². The van der Waals surface area contributed by atoms with Crippen LogP contribution in [0.15, 0.2) is 35.4 Å². The van der Waals surface area contributed by atoms with Crippen molar-refractivity contribution >= 4 is 23.2 Å². The van der Waals surface area contributed by atoms with Gasteiger partial charge < -0.3 is 24.8 Å². The quantitative estimate of drug-likeness (QED) is 0.707. The predicted molar refractivity (Wildman–Crippen MR) is 132 cm³/mol. The van der Waals surface area contributed by atoms with Crippen LogP contribution in [0.2, 0.25) is 0 Å². The third kappa shape index (κ3) is 3.89. The minimum Gasteiger partial charge on any atom is -0.489 e. The third-order valence-electron chi connectivity index (χ3n) is 7.86. The van der Waals surface area contributed by atoms with Gasteiger partial charge in [0.25, 0.3) is 0 Å². The number of allylic oxidation sites excluding steroid dienone is 3. The number of dihydropyridines is 1. The summed E-state index contributed by atoms with van der Waals surface area (Å²) in [6.45, 7) is 7.82. The first-order valence-electron chi connectivity index (χ1n) is 12.3. The van der Waals surface area contributed by atoms with Crippen LogP contribution in [0.25, 0.3) is 17.5 Å². The summed E-state index contributed by atoms with van der Waals surface area (Å²) in [5, 5.41) is 5.60. The maximum Gasteiger partial charge on any atom is 0.172 e. The van der Waals surface area contributed by atoms with Gasteiger partial charge in [0.05, 0.1) is 41.3 Å². The summed E-state index contributed by atoms with van der Waals surface area (Å²) >= 11 is 0. The number of pyridine rings is 1.